The van der Waals surface area contributed by atoms with Crippen molar-refractivity contribution >= 4 is 33.5 Å². The Labute approximate surface area is 160 Å². The number of hydrogen-bond acceptors (Lipinski definition) is 6. The molecule has 0 aliphatic carbocycles. The van der Waals surface area contributed by atoms with E-state index in [1.807, 2.05) is 45.0 Å². The number of rotatable bonds is 3. The molecule has 0 bridgehead atoms. The van der Waals surface area contributed by atoms with Gasteiger partial charge in [-0.05, 0) is 33.8 Å². The molecular formula is C20H18N4O2S. The van der Waals surface area contributed by atoms with E-state index in [2.05, 4.69) is 20.4 Å². The van der Waals surface area contributed by atoms with Crippen molar-refractivity contribution in [2.75, 3.05) is 5.32 Å². The molecule has 0 fully saturated rings. The number of aromatic nitrogens is 3. The third kappa shape index (κ3) is 3.21. The smallest absolute Gasteiger partial charge is 0.259 e. The van der Waals surface area contributed by atoms with Crippen LogP contribution in [0, 0.1) is 27.7 Å². The lowest BCUT2D eigenvalue weighted by Crippen LogP contribution is -2.13. The summed E-state index contributed by atoms with van der Waals surface area (Å²) in [4.78, 5) is 23.0. The van der Waals surface area contributed by atoms with Crippen LogP contribution in [0.3, 0.4) is 0 Å². The standard InChI is InChI=1S/C20H18N4O2S/c1-10-5-7-14(8-6-10)16-9-15(17-12(3)24-26-19(17)22-16)18(25)23-20-21-11(2)13(4)27-20/h5-9H,1-4H3,(H,21,23,25). The van der Waals surface area contributed by atoms with Crippen LogP contribution in [0.2, 0.25) is 0 Å². The minimum Gasteiger partial charge on any atom is -0.335 e. The number of amides is 1. The molecule has 6 nitrogen and oxygen atoms in total. The van der Waals surface area contributed by atoms with Gasteiger partial charge in [-0.15, -0.1) is 11.3 Å². The van der Waals surface area contributed by atoms with Crippen molar-refractivity contribution in [1.82, 2.24) is 15.1 Å². The van der Waals surface area contributed by atoms with Crippen LogP contribution in [0.25, 0.3) is 22.4 Å². The average molecular weight is 378 g/mol. The fourth-order valence-electron chi connectivity index (χ4n) is 2.84. The molecular weight excluding hydrogens is 360 g/mol. The van der Waals surface area contributed by atoms with Gasteiger partial charge in [-0.25, -0.2) is 9.97 Å². The molecule has 3 heterocycles. The van der Waals surface area contributed by atoms with Gasteiger partial charge in [-0.3, -0.25) is 10.1 Å². The van der Waals surface area contributed by atoms with E-state index in [0.29, 0.717) is 33.2 Å². The molecule has 136 valence electrons. The van der Waals surface area contributed by atoms with Crippen molar-refractivity contribution in [3.63, 3.8) is 0 Å². The van der Waals surface area contributed by atoms with Gasteiger partial charge in [0, 0.05) is 10.4 Å². The molecule has 0 atom stereocenters. The summed E-state index contributed by atoms with van der Waals surface area (Å²) in [5.74, 6) is -0.254. The summed E-state index contributed by atoms with van der Waals surface area (Å²) in [5.41, 5.74) is 5.09. The van der Waals surface area contributed by atoms with Gasteiger partial charge in [0.15, 0.2) is 5.13 Å². The maximum absolute atomic E-state index is 13.0. The van der Waals surface area contributed by atoms with Crippen molar-refractivity contribution in [3.05, 3.63) is 57.7 Å². The van der Waals surface area contributed by atoms with Crippen LogP contribution in [0.1, 0.15) is 32.2 Å². The summed E-state index contributed by atoms with van der Waals surface area (Å²) in [6.07, 6.45) is 0. The molecule has 0 saturated heterocycles. The molecule has 1 aromatic carbocycles. The zero-order valence-electron chi connectivity index (χ0n) is 15.5. The second-order valence-corrected chi connectivity index (χ2v) is 7.69. The number of aryl methyl sites for hydroxylation is 4. The molecule has 1 N–H and O–H groups in total. The van der Waals surface area contributed by atoms with Crippen molar-refractivity contribution < 1.29 is 9.32 Å². The lowest BCUT2D eigenvalue weighted by atomic mass is 10.0. The van der Waals surface area contributed by atoms with E-state index in [9.17, 15) is 4.79 Å². The number of anilines is 1. The Morgan fingerprint density at radius 2 is 1.78 bits per heavy atom. The normalized spacial score (nSPS) is 11.1. The molecule has 0 spiro atoms. The summed E-state index contributed by atoms with van der Waals surface area (Å²) in [6, 6.07) is 9.74. The van der Waals surface area contributed by atoms with E-state index in [1.54, 1.807) is 13.0 Å². The maximum atomic E-state index is 13.0. The topological polar surface area (TPSA) is 80.9 Å². The van der Waals surface area contributed by atoms with E-state index in [-0.39, 0.29) is 5.91 Å². The molecule has 0 unspecified atom stereocenters. The van der Waals surface area contributed by atoms with Gasteiger partial charge >= 0.3 is 0 Å². The molecule has 0 aliphatic rings. The Kier molecular flexibility index (Phi) is 4.24. The number of carbonyl (C=O) groups excluding carboxylic acids is 1. The molecule has 4 rings (SSSR count). The predicted molar refractivity (Wildman–Crippen MR) is 106 cm³/mol. The van der Waals surface area contributed by atoms with Crippen molar-refractivity contribution in [3.8, 4) is 11.3 Å². The van der Waals surface area contributed by atoms with Crippen LogP contribution in [0.15, 0.2) is 34.9 Å². The zero-order valence-corrected chi connectivity index (χ0v) is 16.3. The minimum atomic E-state index is -0.254. The fraction of sp³-hybridized carbons (Fsp3) is 0.200. The van der Waals surface area contributed by atoms with Crippen molar-refractivity contribution in [2.45, 2.75) is 27.7 Å². The van der Waals surface area contributed by atoms with E-state index in [4.69, 9.17) is 4.52 Å². The van der Waals surface area contributed by atoms with E-state index < -0.39 is 0 Å². The second-order valence-electron chi connectivity index (χ2n) is 6.48. The van der Waals surface area contributed by atoms with Crippen LogP contribution in [0.5, 0.6) is 0 Å². The van der Waals surface area contributed by atoms with Crippen molar-refractivity contribution in [1.29, 1.82) is 0 Å². The van der Waals surface area contributed by atoms with E-state index in [1.165, 1.54) is 11.3 Å². The molecule has 0 radical (unpaired) electrons. The summed E-state index contributed by atoms with van der Waals surface area (Å²) in [6.45, 7) is 7.73. The maximum Gasteiger partial charge on any atom is 0.259 e. The van der Waals surface area contributed by atoms with Crippen LogP contribution < -0.4 is 5.32 Å². The van der Waals surface area contributed by atoms with Gasteiger partial charge in [0.05, 0.1) is 28.0 Å². The first-order chi connectivity index (χ1) is 12.9. The Bertz CT molecular complexity index is 1140. The minimum absolute atomic E-state index is 0.254. The average Bonchev–Trinajstić information content (AvgIpc) is 3.17. The molecule has 27 heavy (non-hydrogen) atoms. The van der Waals surface area contributed by atoms with Crippen molar-refractivity contribution in [2.24, 2.45) is 0 Å². The molecule has 7 heteroatoms. The number of thiazole rings is 1. The number of nitrogens with one attached hydrogen (secondary N) is 1. The summed E-state index contributed by atoms with van der Waals surface area (Å²) in [7, 11) is 0. The Balaban J connectivity index is 1.81. The lowest BCUT2D eigenvalue weighted by Gasteiger charge is -2.07. The largest absolute Gasteiger partial charge is 0.335 e. The molecule has 4 aromatic rings. The summed E-state index contributed by atoms with van der Waals surface area (Å²) < 4.78 is 5.34. The Morgan fingerprint density at radius 3 is 2.44 bits per heavy atom. The molecule has 0 aliphatic heterocycles. The monoisotopic (exact) mass is 378 g/mol. The van der Waals surface area contributed by atoms with Gasteiger partial charge in [0.25, 0.3) is 11.6 Å². The van der Waals surface area contributed by atoms with E-state index >= 15 is 0 Å². The van der Waals surface area contributed by atoms with Gasteiger partial charge in [0.2, 0.25) is 0 Å². The van der Waals surface area contributed by atoms with E-state index in [0.717, 1.165) is 21.7 Å². The van der Waals surface area contributed by atoms with Crippen LogP contribution in [0.4, 0.5) is 5.13 Å². The number of fused-ring (bicyclic) bond motifs is 1. The first kappa shape index (κ1) is 17.4. The van der Waals surface area contributed by atoms with Gasteiger partial charge in [0.1, 0.15) is 0 Å². The van der Waals surface area contributed by atoms with Crippen LogP contribution in [-0.2, 0) is 0 Å². The third-order valence-electron chi connectivity index (χ3n) is 4.46. The van der Waals surface area contributed by atoms with Gasteiger partial charge in [-0.1, -0.05) is 35.0 Å². The first-order valence-corrected chi connectivity index (χ1v) is 9.33. The quantitative estimate of drug-likeness (QED) is 0.552. The summed E-state index contributed by atoms with van der Waals surface area (Å²) >= 11 is 1.45. The molecule has 0 saturated carbocycles. The SMILES string of the molecule is Cc1ccc(-c2cc(C(=O)Nc3nc(C)c(C)s3)c3c(C)noc3n2)cc1. The highest BCUT2D eigenvalue weighted by atomic mass is 32.1. The molecule has 1 amide bonds. The zero-order chi connectivity index (χ0) is 19.1. The third-order valence-corrected chi connectivity index (χ3v) is 5.45. The summed E-state index contributed by atoms with van der Waals surface area (Å²) in [5, 5.41) is 8.06. The fourth-order valence-corrected chi connectivity index (χ4v) is 3.65. The second kappa shape index (κ2) is 6.59. The Hall–Kier alpha value is -3.06. The van der Waals surface area contributed by atoms with Gasteiger partial charge in [-0.2, -0.15) is 0 Å². The number of hydrogen-bond donors (Lipinski definition) is 1. The lowest BCUT2D eigenvalue weighted by molar-refractivity contribution is 0.102. The highest BCUT2D eigenvalue weighted by Crippen LogP contribution is 2.29. The van der Waals surface area contributed by atoms with Gasteiger partial charge < -0.3 is 4.52 Å². The molecule has 3 aromatic heterocycles. The highest BCUT2D eigenvalue weighted by molar-refractivity contribution is 7.15. The van der Waals surface area contributed by atoms with Crippen LogP contribution >= 0.6 is 11.3 Å². The number of benzene rings is 1. The van der Waals surface area contributed by atoms with Crippen LogP contribution in [-0.4, -0.2) is 21.0 Å². The highest BCUT2D eigenvalue weighted by Gasteiger charge is 2.20. The number of carbonyl (C=O) groups is 1. The number of pyridine rings is 1. The predicted octanol–water partition coefficient (Wildman–Crippen LogP) is 4.83. The Morgan fingerprint density at radius 1 is 1.04 bits per heavy atom. The first-order valence-electron chi connectivity index (χ1n) is 8.52. The number of nitrogens with zero attached hydrogens (tertiary/aromatic N) is 3.